The monoisotopic (exact) mass is 253 g/mol. The third-order valence-corrected chi connectivity index (χ3v) is 2.53. The summed E-state index contributed by atoms with van der Waals surface area (Å²) in [5.41, 5.74) is -0.109. The van der Waals surface area contributed by atoms with Gasteiger partial charge >= 0.3 is 5.97 Å². The van der Waals surface area contributed by atoms with Crippen molar-refractivity contribution in [3.63, 3.8) is 0 Å². The summed E-state index contributed by atoms with van der Waals surface area (Å²) in [6, 6.07) is 0. The van der Waals surface area contributed by atoms with Gasteiger partial charge in [-0.05, 0) is 20.8 Å². The molecule has 1 aromatic rings. The number of aromatic nitrogens is 2. The fourth-order valence-electron chi connectivity index (χ4n) is 1.61. The van der Waals surface area contributed by atoms with Crippen LogP contribution in [0.25, 0.3) is 0 Å². The molecule has 0 aromatic carbocycles. The zero-order chi connectivity index (χ0) is 13.9. The lowest BCUT2D eigenvalue weighted by Crippen LogP contribution is -2.46. The second-order valence-corrected chi connectivity index (χ2v) is 5.20. The van der Waals surface area contributed by atoms with E-state index in [1.165, 1.54) is 4.90 Å². The van der Waals surface area contributed by atoms with Crippen LogP contribution in [0, 0.1) is 0 Å². The lowest BCUT2D eigenvalue weighted by molar-refractivity contribution is -0.137. The van der Waals surface area contributed by atoms with Crippen LogP contribution in [-0.2, 0) is 11.8 Å². The predicted octanol–water partition coefficient (Wildman–Crippen LogP) is 1.14. The molecule has 0 unspecified atom stereocenters. The number of aliphatic carboxylic acids is 1. The molecule has 0 atom stereocenters. The third-order valence-electron chi connectivity index (χ3n) is 2.53. The molecule has 0 saturated heterocycles. The van der Waals surface area contributed by atoms with Gasteiger partial charge in [-0.2, -0.15) is 0 Å². The van der Waals surface area contributed by atoms with Crippen molar-refractivity contribution in [3.8, 4) is 0 Å². The van der Waals surface area contributed by atoms with E-state index in [1.807, 2.05) is 20.8 Å². The normalized spacial score (nSPS) is 11.3. The van der Waals surface area contributed by atoms with E-state index < -0.39 is 11.5 Å². The number of imidazole rings is 1. The number of nitrogens with zero attached hydrogens (tertiary/aromatic N) is 3. The van der Waals surface area contributed by atoms with Crippen LogP contribution in [0.5, 0.6) is 0 Å². The molecule has 0 fully saturated rings. The highest BCUT2D eigenvalue weighted by atomic mass is 16.4. The Morgan fingerprint density at radius 2 is 2.06 bits per heavy atom. The van der Waals surface area contributed by atoms with Crippen LogP contribution in [0.15, 0.2) is 12.5 Å². The summed E-state index contributed by atoms with van der Waals surface area (Å²) in [4.78, 5) is 28.4. The highest BCUT2D eigenvalue weighted by Crippen LogP contribution is 2.17. The summed E-state index contributed by atoms with van der Waals surface area (Å²) >= 11 is 0. The highest BCUT2D eigenvalue weighted by Gasteiger charge is 2.28. The van der Waals surface area contributed by atoms with Gasteiger partial charge in [-0.1, -0.05) is 0 Å². The number of hydrogen-bond donors (Lipinski definition) is 1. The maximum atomic E-state index is 12.3. The Hall–Kier alpha value is -1.85. The molecule has 1 N–H and O–H groups in total. The number of amides is 1. The quantitative estimate of drug-likeness (QED) is 0.873. The first-order chi connectivity index (χ1) is 8.21. The minimum atomic E-state index is -0.918. The summed E-state index contributed by atoms with van der Waals surface area (Å²) in [7, 11) is 1.78. The number of aryl methyl sites for hydroxylation is 1. The fraction of sp³-hybridized carbons (Fsp3) is 0.583. The van der Waals surface area contributed by atoms with Gasteiger partial charge in [0, 0.05) is 25.3 Å². The van der Waals surface area contributed by atoms with E-state index in [4.69, 9.17) is 5.11 Å². The van der Waals surface area contributed by atoms with Gasteiger partial charge in [-0.15, -0.1) is 0 Å². The maximum absolute atomic E-state index is 12.3. The van der Waals surface area contributed by atoms with E-state index in [9.17, 15) is 9.59 Å². The van der Waals surface area contributed by atoms with Crippen LogP contribution in [0.1, 0.15) is 37.7 Å². The Bertz CT molecular complexity index is 446. The Labute approximate surface area is 106 Å². The molecule has 0 radical (unpaired) electrons. The maximum Gasteiger partial charge on any atom is 0.305 e. The number of rotatable bonds is 4. The van der Waals surface area contributed by atoms with Crippen LogP contribution in [0.4, 0.5) is 0 Å². The summed E-state index contributed by atoms with van der Waals surface area (Å²) in [5, 5.41) is 8.73. The molecule has 0 aliphatic carbocycles. The van der Waals surface area contributed by atoms with Crippen molar-refractivity contribution in [2.75, 3.05) is 6.54 Å². The van der Waals surface area contributed by atoms with Gasteiger partial charge in [0.05, 0.1) is 12.7 Å². The highest BCUT2D eigenvalue weighted by molar-refractivity contribution is 5.92. The van der Waals surface area contributed by atoms with Crippen molar-refractivity contribution in [2.45, 2.75) is 32.7 Å². The van der Waals surface area contributed by atoms with Crippen molar-refractivity contribution in [3.05, 3.63) is 18.2 Å². The molecule has 0 saturated carbocycles. The largest absolute Gasteiger partial charge is 0.481 e. The summed E-state index contributed by atoms with van der Waals surface area (Å²) < 4.78 is 1.69. The van der Waals surface area contributed by atoms with Gasteiger partial charge in [0.25, 0.3) is 5.91 Å². The Balaban J connectivity index is 2.89. The Morgan fingerprint density at radius 3 is 2.44 bits per heavy atom. The fourth-order valence-corrected chi connectivity index (χ4v) is 1.61. The smallest absolute Gasteiger partial charge is 0.305 e. The standard InChI is InChI=1S/C12H19N3O3/c1-12(2,3)15(6-5-10(16)17)11(18)9-7-14(4)8-13-9/h7-8H,5-6H2,1-4H3,(H,16,17). The Morgan fingerprint density at radius 1 is 1.44 bits per heavy atom. The molecule has 6 nitrogen and oxygen atoms in total. The first kappa shape index (κ1) is 14.2. The summed E-state index contributed by atoms with van der Waals surface area (Å²) in [6.45, 7) is 5.79. The molecule has 0 aliphatic heterocycles. The molecule has 6 heteroatoms. The molecule has 1 aromatic heterocycles. The number of carbonyl (C=O) groups excluding carboxylic acids is 1. The van der Waals surface area contributed by atoms with E-state index in [1.54, 1.807) is 24.1 Å². The topological polar surface area (TPSA) is 75.4 Å². The number of carboxylic acids is 1. The van der Waals surface area contributed by atoms with E-state index >= 15 is 0 Å². The summed E-state index contributed by atoms with van der Waals surface area (Å²) in [5.74, 6) is -1.16. The molecule has 18 heavy (non-hydrogen) atoms. The van der Waals surface area contributed by atoms with Crippen LogP contribution in [0.2, 0.25) is 0 Å². The first-order valence-electron chi connectivity index (χ1n) is 5.73. The van der Waals surface area contributed by atoms with Gasteiger partial charge in [-0.3, -0.25) is 9.59 Å². The molecule has 1 heterocycles. The second kappa shape index (κ2) is 5.20. The number of hydrogen-bond acceptors (Lipinski definition) is 3. The van der Waals surface area contributed by atoms with Gasteiger partial charge < -0.3 is 14.6 Å². The van der Waals surface area contributed by atoms with Crippen LogP contribution < -0.4 is 0 Å². The molecule has 0 bridgehead atoms. The molecule has 100 valence electrons. The van der Waals surface area contributed by atoms with Crippen molar-refractivity contribution >= 4 is 11.9 Å². The molecule has 1 rings (SSSR count). The molecule has 0 spiro atoms. The molecule has 0 aliphatic rings. The van der Waals surface area contributed by atoms with E-state index in [0.29, 0.717) is 5.69 Å². The van der Waals surface area contributed by atoms with E-state index in [0.717, 1.165) is 0 Å². The SMILES string of the molecule is Cn1cnc(C(=O)N(CCC(=O)O)C(C)(C)C)c1. The predicted molar refractivity (Wildman–Crippen MR) is 66.3 cm³/mol. The lowest BCUT2D eigenvalue weighted by atomic mass is 10.0. The van der Waals surface area contributed by atoms with Gasteiger partial charge in [-0.25, -0.2) is 4.98 Å². The zero-order valence-corrected chi connectivity index (χ0v) is 11.2. The van der Waals surface area contributed by atoms with E-state index in [2.05, 4.69) is 4.98 Å². The average Bonchev–Trinajstić information content (AvgIpc) is 2.62. The van der Waals surface area contributed by atoms with Crippen LogP contribution in [-0.4, -0.2) is 43.5 Å². The van der Waals surface area contributed by atoms with Gasteiger partial charge in [0.1, 0.15) is 5.69 Å². The zero-order valence-electron chi connectivity index (χ0n) is 11.2. The van der Waals surface area contributed by atoms with Crippen molar-refractivity contribution in [1.82, 2.24) is 14.5 Å². The number of carbonyl (C=O) groups is 2. The Kier molecular flexibility index (Phi) is 4.11. The van der Waals surface area contributed by atoms with Crippen LogP contribution in [0.3, 0.4) is 0 Å². The minimum absolute atomic E-state index is 0.0736. The average molecular weight is 253 g/mol. The molecular weight excluding hydrogens is 234 g/mol. The number of carboxylic acid groups (broad SMARTS) is 1. The molecule has 1 amide bonds. The van der Waals surface area contributed by atoms with Crippen LogP contribution >= 0.6 is 0 Å². The van der Waals surface area contributed by atoms with Crippen molar-refractivity contribution in [2.24, 2.45) is 7.05 Å². The lowest BCUT2D eigenvalue weighted by Gasteiger charge is -2.34. The van der Waals surface area contributed by atoms with Gasteiger partial charge in [0.15, 0.2) is 0 Å². The van der Waals surface area contributed by atoms with Crippen molar-refractivity contribution < 1.29 is 14.7 Å². The summed E-state index contributed by atoms with van der Waals surface area (Å²) in [6.07, 6.45) is 3.10. The second-order valence-electron chi connectivity index (χ2n) is 5.20. The molecular formula is C12H19N3O3. The first-order valence-corrected chi connectivity index (χ1v) is 5.73. The third kappa shape index (κ3) is 3.58. The van der Waals surface area contributed by atoms with Gasteiger partial charge in [0.2, 0.25) is 0 Å². The van der Waals surface area contributed by atoms with E-state index in [-0.39, 0.29) is 18.9 Å². The van der Waals surface area contributed by atoms with Crippen molar-refractivity contribution in [1.29, 1.82) is 0 Å². The minimum Gasteiger partial charge on any atom is -0.481 e.